The molecule has 0 fully saturated rings. The van der Waals surface area contributed by atoms with Gasteiger partial charge in [0.05, 0.1) is 13.2 Å². The van der Waals surface area contributed by atoms with Gasteiger partial charge in [-0.3, -0.25) is 0 Å². The molecular weight excluding hydrogens is 234 g/mol. The third-order valence-electron chi connectivity index (χ3n) is 2.30. The maximum atomic E-state index is 5.62. The molecule has 18 heavy (non-hydrogen) atoms. The van der Waals surface area contributed by atoms with Crippen molar-refractivity contribution >= 4 is 0 Å². The molecule has 0 saturated carbocycles. The first-order valence-corrected chi connectivity index (χ1v) is 5.54. The third kappa shape index (κ3) is 2.78. The van der Waals surface area contributed by atoms with E-state index in [4.69, 9.17) is 19.7 Å². The molecule has 1 heterocycles. The van der Waals surface area contributed by atoms with Crippen LogP contribution in [0, 0.1) is 0 Å². The number of hydrogen-bond acceptors (Lipinski definition) is 6. The lowest BCUT2D eigenvalue weighted by atomic mass is 10.3. The second kappa shape index (κ2) is 5.50. The Morgan fingerprint density at radius 3 is 2.67 bits per heavy atom. The summed E-state index contributed by atoms with van der Waals surface area (Å²) in [5.41, 5.74) is 5.62. The maximum absolute atomic E-state index is 5.62. The first kappa shape index (κ1) is 12.4. The van der Waals surface area contributed by atoms with Gasteiger partial charge in [0, 0.05) is 0 Å². The second-order valence-corrected chi connectivity index (χ2v) is 3.78. The topological polar surface area (TPSA) is 83.4 Å². The van der Waals surface area contributed by atoms with Crippen LogP contribution in [0.25, 0.3) is 0 Å². The summed E-state index contributed by atoms with van der Waals surface area (Å²) in [6, 6.07) is 7.08. The number of ether oxygens (including phenoxy) is 2. The first-order valence-electron chi connectivity index (χ1n) is 5.54. The van der Waals surface area contributed by atoms with Gasteiger partial charge in [0.1, 0.15) is 0 Å². The van der Waals surface area contributed by atoms with E-state index in [1.165, 1.54) is 0 Å². The standard InChI is InChI=1S/C12H15N3O3/c1-8(13)12-14-11(15-18-12)7-17-10-6-4-3-5-9(10)16-2/h3-6,8H,7,13H2,1-2H3. The van der Waals surface area contributed by atoms with Gasteiger partial charge in [-0.15, -0.1) is 0 Å². The fourth-order valence-electron chi connectivity index (χ4n) is 1.39. The highest BCUT2D eigenvalue weighted by atomic mass is 16.5. The summed E-state index contributed by atoms with van der Waals surface area (Å²) < 4.78 is 15.7. The van der Waals surface area contributed by atoms with Crippen LogP contribution in [0.5, 0.6) is 11.5 Å². The average molecular weight is 249 g/mol. The van der Waals surface area contributed by atoms with Crippen molar-refractivity contribution in [2.45, 2.75) is 19.6 Å². The molecule has 96 valence electrons. The van der Waals surface area contributed by atoms with Crippen LogP contribution in [-0.4, -0.2) is 17.3 Å². The summed E-state index contributed by atoms with van der Waals surface area (Å²) in [5, 5.41) is 3.78. The van der Waals surface area contributed by atoms with Crippen molar-refractivity contribution in [3.63, 3.8) is 0 Å². The Bertz CT molecular complexity index is 511. The molecule has 0 radical (unpaired) electrons. The molecule has 0 spiro atoms. The fourth-order valence-corrected chi connectivity index (χ4v) is 1.39. The van der Waals surface area contributed by atoms with Crippen molar-refractivity contribution in [1.82, 2.24) is 10.1 Å². The van der Waals surface area contributed by atoms with Gasteiger partial charge in [-0.1, -0.05) is 17.3 Å². The largest absolute Gasteiger partial charge is 0.493 e. The van der Waals surface area contributed by atoms with Gasteiger partial charge in [0.15, 0.2) is 18.1 Å². The summed E-state index contributed by atoms with van der Waals surface area (Å²) in [5.74, 6) is 2.14. The number of methoxy groups -OCH3 is 1. The molecule has 1 unspecified atom stereocenters. The number of rotatable bonds is 5. The monoisotopic (exact) mass is 249 g/mol. The van der Waals surface area contributed by atoms with Crippen LogP contribution in [0.15, 0.2) is 28.8 Å². The van der Waals surface area contributed by atoms with E-state index in [9.17, 15) is 0 Å². The lowest BCUT2D eigenvalue weighted by molar-refractivity contribution is 0.268. The van der Waals surface area contributed by atoms with E-state index in [1.54, 1.807) is 14.0 Å². The molecule has 0 aliphatic heterocycles. The van der Waals surface area contributed by atoms with E-state index in [0.717, 1.165) is 0 Å². The predicted molar refractivity (Wildman–Crippen MR) is 64.2 cm³/mol. The van der Waals surface area contributed by atoms with Crippen LogP contribution in [0.1, 0.15) is 24.7 Å². The molecule has 0 bridgehead atoms. The minimum atomic E-state index is -0.280. The normalized spacial score (nSPS) is 12.2. The molecule has 2 N–H and O–H groups in total. The Balaban J connectivity index is 2.02. The summed E-state index contributed by atoms with van der Waals surface area (Å²) in [6.07, 6.45) is 0. The van der Waals surface area contributed by atoms with Crippen LogP contribution in [0.2, 0.25) is 0 Å². The van der Waals surface area contributed by atoms with Gasteiger partial charge in [0.2, 0.25) is 11.7 Å². The summed E-state index contributed by atoms with van der Waals surface area (Å²) >= 11 is 0. The molecule has 0 saturated heterocycles. The molecule has 1 aromatic heterocycles. The highest BCUT2D eigenvalue weighted by Gasteiger charge is 2.11. The summed E-state index contributed by atoms with van der Waals surface area (Å²) in [4.78, 5) is 4.11. The van der Waals surface area contributed by atoms with Gasteiger partial charge in [-0.2, -0.15) is 4.98 Å². The molecule has 1 atom stereocenters. The molecule has 1 aromatic carbocycles. The van der Waals surface area contributed by atoms with E-state index < -0.39 is 0 Å². The zero-order chi connectivity index (χ0) is 13.0. The van der Waals surface area contributed by atoms with Crippen molar-refractivity contribution in [2.75, 3.05) is 7.11 Å². The van der Waals surface area contributed by atoms with Crippen molar-refractivity contribution in [1.29, 1.82) is 0 Å². The predicted octanol–water partition coefficient (Wildman–Crippen LogP) is 1.68. The lowest BCUT2D eigenvalue weighted by Crippen LogP contribution is -2.05. The number of benzene rings is 1. The quantitative estimate of drug-likeness (QED) is 0.867. The first-order chi connectivity index (χ1) is 8.70. The molecule has 6 nitrogen and oxygen atoms in total. The van der Waals surface area contributed by atoms with Gasteiger partial charge in [-0.05, 0) is 19.1 Å². The van der Waals surface area contributed by atoms with Crippen LogP contribution in [0.3, 0.4) is 0 Å². The smallest absolute Gasteiger partial charge is 0.243 e. The lowest BCUT2D eigenvalue weighted by Gasteiger charge is -2.07. The van der Waals surface area contributed by atoms with Crippen LogP contribution in [0.4, 0.5) is 0 Å². The average Bonchev–Trinajstić information content (AvgIpc) is 2.85. The van der Waals surface area contributed by atoms with E-state index >= 15 is 0 Å². The minimum Gasteiger partial charge on any atom is -0.493 e. The van der Waals surface area contributed by atoms with Gasteiger partial charge in [0.25, 0.3) is 0 Å². The summed E-state index contributed by atoms with van der Waals surface area (Å²) in [7, 11) is 1.59. The van der Waals surface area contributed by atoms with Crippen LogP contribution < -0.4 is 15.2 Å². The van der Waals surface area contributed by atoms with Crippen molar-refractivity contribution < 1.29 is 14.0 Å². The maximum Gasteiger partial charge on any atom is 0.243 e. The SMILES string of the molecule is COc1ccccc1OCc1noc(C(C)N)n1. The molecule has 0 aliphatic rings. The van der Waals surface area contributed by atoms with E-state index in [0.29, 0.717) is 23.2 Å². The number of hydrogen-bond donors (Lipinski definition) is 1. The zero-order valence-corrected chi connectivity index (χ0v) is 10.3. The van der Waals surface area contributed by atoms with Crippen molar-refractivity contribution in [3.05, 3.63) is 36.0 Å². The molecule has 0 aliphatic carbocycles. The molecular formula is C12H15N3O3. The van der Waals surface area contributed by atoms with Crippen molar-refractivity contribution in [3.8, 4) is 11.5 Å². The number of nitrogens with two attached hydrogens (primary N) is 1. The number of nitrogens with zero attached hydrogens (tertiary/aromatic N) is 2. The number of aromatic nitrogens is 2. The summed E-state index contributed by atoms with van der Waals surface area (Å²) in [6.45, 7) is 1.98. The van der Waals surface area contributed by atoms with Gasteiger partial charge >= 0.3 is 0 Å². The Morgan fingerprint density at radius 2 is 2.06 bits per heavy atom. The Kier molecular flexibility index (Phi) is 3.78. The second-order valence-electron chi connectivity index (χ2n) is 3.78. The van der Waals surface area contributed by atoms with Crippen molar-refractivity contribution in [2.24, 2.45) is 5.73 Å². The molecule has 2 rings (SSSR count). The molecule has 6 heteroatoms. The highest BCUT2D eigenvalue weighted by molar-refractivity contribution is 5.39. The molecule has 0 amide bonds. The third-order valence-corrected chi connectivity index (χ3v) is 2.30. The van der Waals surface area contributed by atoms with E-state index in [-0.39, 0.29) is 12.6 Å². The van der Waals surface area contributed by atoms with Crippen LogP contribution >= 0.6 is 0 Å². The minimum absolute atomic E-state index is 0.205. The Morgan fingerprint density at radius 1 is 1.33 bits per heavy atom. The van der Waals surface area contributed by atoms with E-state index in [1.807, 2.05) is 24.3 Å². The van der Waals surface area contributed by atoms with Gasteiger partial charge < -0.3 is 19.7 Å². The highest BCUT2D eigenvalue weighted by Crippen LogP contribution is 2.26. The van der Waals surface area contributed by atoms with E-state index in [2.05, 4.69) is 10.1 Å². The Hall–Kier alpha value is -2.08. The molecule has 2 aromatic rings. The van der Waals surface area contributed by atoms with Crippen LogP contribution in [-0.2, 0) is 6.61 Å². The Labute approximate surface area is 105 Å². The zero-order valence-electron chi connectivity index (χ0n) is 10.3. The number of para-hydroxylation sites is 2. The van der Waals surface area contributed by atoms with Gasteiger partial charge in [-0.25, -0.2) is 0 Å². The fraction of sp³-hybridized carbons (Fsp3) is 0.333.